The van der Waals surface area contributed by atoms with Crippen LogP contribution >= 0.6 is 11.3 Å². The number of thiazole rings is 1. The summed E-state index contributed by atoms with van der Waals surface area (Å²) in [5.74, 6) is 1.57. The molecule has 5 heteroatoms. The minimum Gasteiger partial charge on any atom is -0.496 e. The lowest BCUT2D eigenvalue weighted by molar-refractivity contribution is 0.389. The zero-order valence-electron chi connectivity index (χ0n) is 9.98. The van der Waals surface area contributed by atoms with Crippen LogP contribution in [0.4, 0.5) is 5.13 Å². The van der Waals surface area contributed by atoms with E-state index in [0.29, 0.717) is 5.13 Å². The van der Waals surface area contributed by atoms with Crippen LogP contribution in [0.1, 0.15) is 5.56 Å². The van der Waals surface area contributed by atoms with Crippen molar-refractivity contribution in [3.8, 4) is 22.8 Å². The molecule has 0 saturated carbocycles. The maximum atomic E-state index is 5.63. The van der Waals surface area contributed by atoms with E-state index in [0.717, 1.165) is 28.3 Å². The molecule has 0 amide bonds. The Labute approximate surface area is 104 Å². The van der Waals surface area contributed by atoms with Gasteiger partial charge in [-0.25, -0.2) is 4.98 Å². The summed E-state index contributed by atoms with van der Waals surface area (Å²) >= 11 is 1.42. The van der Waals surface area contributed by atoms with Crippen molar-refractivity contribution in [3.63, 3.8) is 0 Å². The number of nitrogens with two attached hydrogens (primary N) is 1. The summed E-state index contributed by atoms with van der Waals surface area (Å²) < 4.78 is 10.6. The molecule has 2 rings (SSSR count). The molecule has 1 aromatic heterocycles. The zero-order valence-corrected chi connectivity index (χ0v) is 10.8. The molecule has 1 heterocycles. The lowest BCUT2D eigenvalue weighted by Crippen LogP contribution is -1.94. The van der Waals surface area contributed by atoms with Crippen LogP contribution < -0.4 is 15.2 Å². The van der Waals surface area contributed by atoms with Crippen molar-refractivity contribution in [3.05, 3.63) is 23.1 Å². The Balaban J connectivity index is 2.55. The summed E-state index contributed by atoms with van der Waals surface area (Å²) in [6.07, 6.45) is 0. The number of methoxy groups -OCH3 is 2. The molecular weight excluding hydrogens is 236 g/mol. The number of hydrogen-bond acceptors (Lipinski definition) is 5. The summed E-state index contributed by atoms with van der Waals surface area (Å²) in [7, 11) is 3.28. The van der Waals surface area contributed by atoms with Gasteiger partial charge in [0.05, 0.1) is 19.9 Å². The fraction of sp³-hybridized carbons (Fsp3) is 0.250. The van der Waals surface area contributed by atoms with Crippen LogP contribution in [0, 0.1) is 6.92 Å². The summed E-state index contributed by atoms with van der Waals surface area (Å²) in [4.78, 5) is 4.25. The van der Waals surface area contributed by atoms with Gasteiger partial charge in [-0.1, -0.05) is 0 Å². The molecule has 0 spiro atoms. The number of anilines is 1. The normalized spacial score (nSPS) is 10.3. The molecule has 2 N–H and O–H groups in total. The first kappa shape index (κ1) is 11.7. The van der Waals surface area contributed by atoms with E-state index in [4.69, 9.17) is 15.2 Å². The van der Waals surface area contributed by atoms with Gasteiger partial charge in [0.25, 0.3) is 0 Å². The standard InChI is InChI=1S/C12H14N2O2S/c1-7-10(15-2)4-8(5-11(7)16-3)9-6-17-12(13)14-9/h4-6H,1-3H3,(H2,13,14). The van der Waals surface area contributed by atoms with Crippen LogP contribution in [0.2, 0.25) is 0 Å². The van der Waals surface area contributed by atoms with Crippen molar-refractivity contribution >= 4 is 16.5 Å². The van der Waals surface area contributed by atoms with Gasteiger partial charge < -0.3 is 15.2 Å². The van der Waals surface area contributed by atoms with Gasteiger partial charge >= 0.3 is 0 Å². The highest BCUT2D eigenvalue weighted by Crippen LogP contribution is 2.34. The number of rotatable bonds is 3. The number of hydrogen-bond donors (Lipinski definition) is 1. The molecule has 0 unspecified atom stereocenters. The number of benzene rings is 1. The summed E-state index contributed by atoms with van der Waals surface area (Å²) in [5.41, 5.74) is 8.38. The van der Waals surface area contributed by atoms with Gasteiger partial charge in [0.15, 0.2) is 5.13 Å². The molecule has 4 nitrogen and oxygen atoms in total. The van der Waals surface area contributed by atoms with E-state index in [-0.39, 0.29) is 0 Å². The minimum absolute atomic E-state index is 0.554. The highest BCUT2D eigenvalue weighted by molar-refractivity contribution is 7.13. The monoisotopic (exact) mass is 250 g/mol. The zero-order chi connectivity index (χ0) is 12.4. The molecule has 1 aromatic carbocycles. The average Bonchev–Trinajstić information content (AvgIpc) is 2.76. The first-order chi connectivity index (χ1) is 8.15. The van der Waals surface area contributed by atoms with E-state index in [9.17, 15) is 0 Å². The van der Waals surface area contributed by atoms with Crippen LogP contribution in [0.15, 0.2) is 17.5 Å². The Hall–Kier alpha value is -1.75. The van der Waals surface area contributed by atoms with Gasteiger partial charge in [0.1, 0.15) is 11.5 Å². The summed E-state index contributed by atoms with van der Waals surface area (Å²) in [6, 6.07) is 3.87. The number of ether oxygens (including phenoxy) is 2. The Morgan fingerprint density at radius 1 is 1.18 bits per heavy atom. The van der Waals surface area contributed by atoms with E-state index in [1.54, 1.807) is 14.2 Å². The van der Waals surface area contributed by atoms with Crippen molar-refractivity contribution in [1.82, 2.24) is 4.98 Å². The van der Waals surface area contributed by atoms with Crippen LogP contribution in [-0.2, 0) is 0 Å². The molecule has 0 aliphatic carbocycles. The van der Waals surface area contributed by atoms with Crippen molar-refractivity contribution in [2.24, 2.45) is 0 Å². The maximum absolute atomic E-state index is 5.63. The first-order valence-corrected chi connectivity index (χ1v) is 5.97. The highest BCUT2D eigenvalue weighted by Gasteiger charge is 2.11. The second kappa shape index (κ2) is 4.63. The summed E-state index contributed by atoms with van der Waals surface area (Å²) in [5, 5.41) is 2.47. The molecule has 0 bridgehead atoms. The van der Waals surface area contributed by atoms with E-state index < -0.39 is 0 Å². The Kier molecular flexibility index (Phi) is 3.19. The quantitative estimate of drug-likeness (QED) is 0.910. The van der Waals surface area contributed by atoms with Gasteiger partial charge in [0.2, 0.25) is 0 Å². The van der Waals surface area contributed by atoms with E-state index in [1.165, 1.54) is 11.3 Å². The third-order valence-corrected chi connectivity index (χ3v) is 3.24. The predicted molar refractivity (Wildman–Crippen MR) is 69.8 cm³/mol. The maximum Gasteiger partial charge on any atom is 0.180 e. The molecule has 0 aliphatic heterocycles. The molecule has 0 atom stereocenters. The lowest BCUT2D eigenvalue weighted by atomic mass is 10.1. The van der Waals surface area contributed by atoms with Crippen molar-refractivity contribution in [1.29, 1.82) is 0 Å². The third-order valence-electron chi connectivity index (χ3n) is 2.57. The number of nitrogen functional groups attached to an aromatic ring is 1. The lowest BCUT2D eigenvalue weighted by Gasteiger charge is -2.11. The molecule has 0 saturated heterocycles. The van der Waals surface area contributed by atoms with E-state index in [1.807, 2.05) is 24.4 Å². The van der Waals surface area contributed by atoms with Crippen molar-refractivity contribution in [2.75, 3.05) is 20.0 Å². The molecular formula is C12H14N2O2S. The van der Waals surface area contributed by atoms with Crippen LogP contribution in [0.3, 0.4) is 0 Å². The fourth-order valence-electron chi connectivity index (χ4n) is 1.65. The molecule has 2 aromatic rings. The minimum atomic E-state index is 0.554. The topological polar surface area (TPSA) is 57.4 Å². The Morgan fingerprint density at radius 3 is 2.18 bits per heavy atom. The molecule has 90 valence electrons. The SMILES string of the molecule is COc1cc(-c2csc(N)n2)cc(OC)c1C. The van der Waals surface area contributed by atoms with Gasteiger partial charge in [0, 0.05) is 16.5 Å². The summed E-state index contributed by atoms with van der Waals surface area (Å²) in [6.45, 7) is 1.96. The highest BCUT2D eigenvalue weighted by atomic mass is 32.1. The third kappa shape index (κ3) is 2.19. The number of nitrogens with zero attached hydrogens (tertiary/aromatic N) is 1. The van der Waals surface area contributed by atoms with Gasteiger partial charge in [-0.3, -0.25) is 0 Å². The van der Waals surface area contributed by atoms with Crippen LogP contribution in [0.25, 0.3) is 11.3 Å². The van der Waals surface area contributed by atoms with Crippen molar-refractivity contribution < 1.29 is 9.47 Å². The van der Waals surface area contributed by atoms with Gasteiger partial charge in [-0.15, -0.1) is 11.3 Å². The number of aromatic nitrogens is 1. The second-order valence-electron chi connectivity index (χ2n) is 3.58. The molecule has 0 aliphatic rings. The van der Waals surface area contributed by atoms with Crippen LogP contribution in [-0.4, -0.2) is 19.2 Å². The van der Waals surface area contributed by atoms with Crippen LogP contribution in [0.5, 0.6) is 11.5 Å². The van der Waals surface area contributed by atoms with Crippen molar-refractivity contribution in [2.45, 2.75) is 6.92 Å². The largest absolute Gasteiger partial charge is 0.496 e. The smallest absolute Gasteiger partial charge is 0.180 e. The molecule has 17 heavy (non-hydrogen) atoms. The second-order valence-corrected chi connectivity index (χ2v) is 4.47. The average molecular weight is 250 g/mol. The predicted octanol–water partition coefficient (Wildman–Crippen LogP) is 2.72. The van der Waals surface area contributed by atoms with E-state index >= 15 is 0 Å². The van der Waals surface area contributed by atoms with E-state index in [2.05, 4.69) is 4.98 Å². The fourth-order valence-corrected chi connectivity index (χ4v) is 2.23. The first-order valence-electron chi connectivity index (χ1n) is 5.09. The molecule has 0 radical (unpaired) electrons. The molecule has 0 fully saturated rings. The van der Waals surface area contributed by atoms with Gasteiger partial charge in [-0.05, 0) is 19.1 Å². The Bertz CT molecular complexity index is 512. The van der Waals surface area contributed by atoms with Gasteiger partial charge in [-0.2, -0.15) is 0 Å². The Morgan fingerprint density at radius 2 is 1.76 bits per heavy atom.